The minimum atomic E-state index is -0.0384. The molecule has 0 amide bonds. The molecule has 0 N–H and O–H groups in total. The molecule has 142 valence electrons. The first-order chi connectivity index (χ1) is 12.3. The Morgan fingerprint density at radius 3 is 2.62 bits per heavy atom. The normalized spacial score (nSPS) is 17.6. The van der Waals surface area contributed by atoms with E-state index in [-0.39, 0.29) is 11.6 Å². The lowest BCUT2D eigenvalue weighted by atomic mass is 9.96. The van der Waals surface area contributed by atoms with E-state index in [4.69, 9.17) is 4.98 Å². The Labute approximate surface area is 154 Å². The maximum Gasteiger partial charge on any atom is 0.345 e. The van der Waals surface area contributed by atoms with Crippen LogP contribution in [0.25, 0.3) is 0 Å². The van der Waals surface area contributed by atoms with Crippen molar-refractivity contribution in [3.8, 4) is 0 Å². The van der Waals surface area contributed by atoms with E-state index in [0.717, 1.165) is 54.8 Å². The van der Waals surface area contributed by atoms with Gasteiger partial charge < -0.3 is 9.80 Å². The third kappa shape index (κ3) is 3.20. The minimum absolute atomic E-state index is 0.0384. The zero-order valence-corrected chi connectivity index (χ0v) is 16.7. The summed E-state index contributed by atoms with van der Waals surface area (Å²) in [6.07, 6.45) is 2.09. The van der Waals surface area contributed by atoms with Crippen molar-refractivity contribution in [3.05, 3.63) is 27.6 Å². The summed E-state index contributed by atoms with van der Waals surface area (Å²) < 4.78 is 3.24. The predicted octanol–water partition coefficient (Wildman–Crippen LogP) is 1.46. The second-order valence-electron chi connectivity index (χ2n) is 7.25. The molecule has 2 aromatic rings. The molecule has 2 aromatic heterocycles. The van der Waals surface area contributed by atoms with Crippen LogP contribution in [0, 0.1) is 13.8 Å². The molecule has 3 heterocycles. The van der Waals surface area contributed by atoms with Gasteiger partial charge in [-0.25, -0.2) is 14.5 Å². The van der Waals surface area contributed by atoms with Crippen LogP contribution in [0.2, 0.25) is 0 Å². The summed E-state index contributed by atoms with van der Waals surface area (Å²) in [6.45, 7) is 8.53. The second kappa shape index (κ2) is 7.09. The molecule has 1 atom stereocenters. The summed E-state index contributed by atoms with van der Waals surface area (Å²) in [5.74, 6) is 2.84. The summed E-state index contributed by atoms with van der Waals surface area (Å²) in [7, 11) is 5.64. The number of anilines is 2. The van der Waals surface area contributed by atoms with Crippen LogP contribution in [0.5, 0.6) is 0 Å². The zero-order chi connectivity index (χ0) is 19.0. The number of rotatable bonds is 4. The largest absolute Gasteiger partial charge is 0.355 e. The second-order valence-corrected chi connectivity index (χ2v) is 7.25. The van der Waals surface area contributed by atoms with E-state index in [1.165, 1.54) is 4.68 Å². The number of piperidine rings is 1. The van der Waals surface area contributed by atoms with Gasteiger partial charge in [0.2, 0.25) is 5.95 Å². The van der Waals surface area contributed by atoms with Crippen molar-refractivity contribution >= 4 is 11.8 Å². The van der Waals surface area contributed by atoms with Crippen LogP contribution in [-0.2, 0) is 13.6 Å². The van der Waals surface area contributed by atoms with Gasteiger partial charge in [0.05, 0.1) is 0 Å². The van der Waals surface area contributed by atoms with E-state index in [9.17, 15) is 4.79 Å². The van der Waals surface area contributed by atoms with Crippen LogP contribution in [0.15, 0.2) is 4.79 Å². The maximum absolute atomic E-state index is 12.3. The summed E-state index contributed by atoms with van der Waals surface area (Å²) in [6, 6.07) is 0. The quantitative estimate of drug-likeness (QED) is 0.823. The number of nitrogens with zero attached hydrogens (tertiary/aromatic N) is 7. The molecule has 0 aromatic carbocycles. The maximum atomic E-state index is 12.3. The zero-order valence-electron chi connectivity index (χ0n) is 16.7. The van der Waals surface area contributed by atoms with Gasteiger partial charge in [-0.05, 0) is 33.6 Å². The van der Waals surface area contributed by atoms with Crippen molar-refractivity contribution < 1.29 is 0 Å². The Hall–Kier alpha value is -2.38. The SMILES string of the molecule is CCn1c(C2CCCN(c3nc(N(C)C)nc(C)c3C)C2)nn(C)c1=O. The first-order valence-corrected chi connectivity index (χ1v) is 9.24. The molecule has 26 heavy (non-hydrogen) atoms. The minimum Gasteiger partial charge on any atom is -0.355 e. The van der Waals surface area contributed by atoms with Crippen molar-refractivity contribution in [3.63, 3.8) is 0 Å². The van der Waals surface area contributed by atoms with Gasteiger partial charge in [0, 0.05) is 58.0 Å². The van der Waals surface area contributed by atoms with Gasteiger partial charge in [0.1, 0.15) is 11.6 Å². The monoisotopic (exact) mass is 359 g/mol. The van der Waals surface area contributed by atoms with Crippen molar-refractivity contribution in [1.29, 1.82) is 0 Å². The fourth-order valence-corrected chi connectivity index (χ4v) is 3.61. The van der Waals surface area contributed by atoms with Gasteiger partial charge in [-0.15, -0.1) is 0 Å². The van der Waals surface area contributed by atoms with Crippen molar-refractivity contribution in [2.45, 2.75) is 46.1 Å². The molecule has 0 saturated carbocycles. The van der Waals surface area contributed by atoms with Crippen molar-refractivity contribution in [1.82, 2.24) is 24.3 Å². The van der Waals surface area contributed by atoms with Crippen molar-refractivity contribution in [2.75, 3.05) is 37.0 Å². The lowest BCUT2D eigenvalue weighted by Crippen LogP contribution is -2.37. The van der Waals surface area contributed by atoms with E-state index in [0.29, 0.717) is 6.54 Å². The molecule has 0 radical (unpaired) electrons. The van der Waals surface area contributed by atoms with Crippen LogP contribution in [0.3, 0.4) is 0 Å². The van der Waals surface area contributed by atoms with Gasteiger partial charge in [-0.3, -0.25) is 4.57 Å². The lowest BCUT2D eigenvalue weighted by molar-refractivity contribution is 0.467. The summed E-state index contributed by atoms with van der Waals surface area (Å²) >= 11 is 0. The van der Waals surface area contributed by atoms with E-state index in [1.807, 2.05) is 32.8 Å². The molecule has 1 fully saturated rings. The van der Waals surface area contributed by atoms with Gasteiger partial charge in [0.25, 0.3) is 0 Å². The Kier molecular flexibility index (Phi) is 5.02. The molecule has 3 rings (SSSR count). The number of aryl methyl sites for hydroxylation is 2. The molecule has 0 bridgehead atoms. The lowest BCUT2D eigenvalue weighted by Gasteiger charge is -2.34. The van der Waals surface area contributed by atoms with Crippen LogP contribution in [0.1, 0.15) is 42.8 Å². The molecule has 1 aliphatic heterocycles. The third-order valence-electron chi connectivity index (χ3n) is 5.19. The summed E-state index contributed by atoms with van der Waals surface area (Å²) in [4.78, 5) is 25.9. The molecule has 0 aliphatic carbocycles. The topological polar surface area (TPSA) is 72.1 Å². The van der Waals surface area contributed by atoms with Gasteiger partial charge in [-0.2, -0.15) is 10.1 Å². The highest BCUT2D eigenvalue weighted by molar-refractivity contribution is 5.52. The fraction of sp³-hybridized carbons (Fsp3) is 0.667. The fourth-order valence-electron chi connectivity index (χ4n) is 3.61. The third-order valence-corrected chi connectivity index (χ3v) is 5.19. The van der Waals surface area contributed by atoms with Gasteiger partial charge in [-0.1, -0.05) is 0 Å². The average molecular weight is 359 g/mol. The van der Waals surface area contributed by atoms with Gasteiger partial charge in [0.15, 0.2) is 0 Å². The van der Waals surface area contributed by atoms with Crippen molar-refractivity contribution in [2.24, 2.45) is 7.05 Å². The van der Waals surface area contributed by atoms with E-state index in [2.05, 4.69) is 21.9 Å². The Morgan fingerprint density at radius 2 is 1.96 bits per heavy atom. The highest BCUT2D eigenvalue weighted by Gasteiger charge is 2.28. The number of hydrogen-bond acceptors (Lipinski definition) is 6. The highest BCUT2D eigenvalue weighted by atomic mass is 16.2. The molecule has 1 saturated heterocycles. The molecule has 8 heteroatoms. The smallest absolute Gasteiger partial charge is 0.345 e. The Bertz CT molecular complexity index is 852. The van der Waals surface area contributed by atoms with Crippen LogP contribution in [0.4, 0.5) is 11.8 Å². The van der Waals surface area contributed by atoms with Crippen LogP contribution >= 0.6 is 0 Å². The molecular weight excluding hydrogens is 330 g/mol. The molecule has 1 aliphatic rings. The molecule has 1 unspecified atom stereocenters. The van der Waals surface area contributed by atoms with E-state index in [1.54, 1.807) is 11.6 Å². The first kappa shape index (κ1) is 18.4. The summed E-state index contributed by atoms with van der Waals surface area (Å²) in [5, 5.41) is 4.52. The van der Waals surface area contributed by atoms with Gasteiger partial charge >= 0.3 is 5.69 Å². The number of hydrogen-bond donors (Lipinski definition) is 0. The first-order valence-electron chi connectivity index (χ1n) is 9.24. The molecule has 8 nitrogen and oxygen atoms in total. The van der Waals surface area contributed by atoms with Crippen LogP contribution in [-0.4, -0.2) is 51.5 Å². The predicted molar refractivity (Wildman–Crippen MR) is 103 cm³/mol. The highest BCUT2D eigenvalue weighted by Crippen LogP contribution is 2.30. The van der Waals surface area contributed by atoms with E-state index >= 15 is 0 Å². The summed E-state index contributed by atoms with van der Waals surface area (Å²) in [5.41, 5.74) is 2.08. The average Bonchev–Trinajstić information content (AvgIpc) is 2.91. The Morgan fingerprint density at radius 1 is 1.23 bits per heavy atom. The Balaban J connectivity index is 1.95. The van der Waals surface area contributed by atoms with E-state index < -0.39 is 0 Å². The molecule has 0 spiro atoms. The number of aromatic nitrogens is 5. The standard InChI is InChI=1S/C18H29N7O/c1-7-25-16(21-23(6)18(25)26)14-9-8-10-24(11-14)15-12(2)13(3)19-17(20-15)22(4)5/h14H,7-11H2,1-6H3. The molecular formula is C18H29N7O. The van der Waals surface area contributed by atoms with Crippen LogP contribution < -0.4 is 15.5 Å².